The van der Waals surface area contributed by atoms with E-state index < -0.39 is 11.8 Å². The Morgan fingerprint density at radius 2 is 1.80 bits per heavy atom. The number of carbonyl (C=O) groups excluding carboxylic acids is 2. The fraction of sp³-hybridized carbons (Fsp3) is 0. The van der Waals surface area contributed by atoms with Crippen LogP contribution in [0.1, 0.15) is 28.0 Å². The van der Waals surface area contributed by atoms with Gasteiger partial charge in [0.2, 0.25) is 5.91 Å². The van der Waals surface area contributed by atoms with Crippen molar-refractivity contribution in [3.05, 3.63) is 72.1 Å². The number of hydrogen-bond acceptors (Lipinski definition) is 5. The predicted octanol–water partition coefficient (Wildman–Crippen LogP) is 3.31. The number of primary amides is 1. The zero-order valence-electron chi connectivity index (χ0n) is 13.1. The van der Waals surface area contributed by atoms with E-state index in [-0.39, 0.29) is 18.6 Å². The maximum atomic E-state index is 12.4. The molecular weight excluding hydrogens is 318 g/mol. The molecule has 0 saturated heterocycles. The molecule has 3 aromatic rings. The van der Waals surface area contributed by atoms with Crippen LogP contribution in [-0.4, -0.2) is 21.8 Å². The minimum atomic E-state index is -0.549. The number of para-hydroxylation sites is 1. The van der Waals surface area contributed by atoms with Gasteiger partial charge in [-0.15, -0.1) is 0 Å². The summed E-state index contributed by atoms with van der Waals surface area (Å²) in [6.07, 6.45) is 1.44. The summed E-state index contributed by atoms with van der Waals surface area (Å²) in [6.45, 7) is 0. The number of nitrogens with two attached hydrogens (primary N) is 2. The van der Waals surface area contributed by atoms with Crippen LogP contribution in [0.3, 0.4) is 0 Å². The first-order chi connectivity index (χ1) is 12.0. The SMILES string of the molecule is NC(=O)c1cccc(-c2cnc(N)c(C(=O)Nc3ccccc3)n2)c1.[HH].[HH].[HH].[HH].[HH]. The highest BCUT2D eigenvalue weighted by atomic mass is 16.2. The maximum absolute atomic E-state index is 12.4. The third kappa shape index (κ3) is 3.61. The van der Waals surface area contributed by atoms with Crippen molar-refractivity contribution >= 4 is 23.3 Å². The van der Waals surface area contributed by atoms with Gasteiger partial charge in [-0.25, -0.2) is 9.97 Å². The zero-order valence-corrected chi connectivity index (χ0v) is 13.1. The van der Waals surface area contributed by atoms with Crippen molar-refractivity contribution in [1.29, 1.82) is 0 Å². The molecule has 0 bridgehead atoms. The third-order valence-electron chi connectivity index (χ3n) is 3.49. The standard InChI is InChI=1S/C18H15N5O2.5H2/c19-16-15(18(25)22-13-7-2-1-3-8-13)23-14(10-21-16)11-5-4-6-12(9-11)17(20)24;;;;;/h1-10H,(H2,19,21)(H2,20,24)(H,22,25);5*1H. The van der Waals surface area contributed by atoms with E-state index >= 15 is 0 Å². The fourth-order valence-corrected chi connectivity index (χ4v) is 2.25. The van der Waals surface area contributed by atoms with E-state index in [1.165, 1.54) is 6.20 Å². The van der Waals surface area contributed by atoms with Crippen LogP contribution in [0.5, 0.6) is 0 Å². The topological polar surface area (TPSA) is 124 Å². The number of hydrogen-bond donors (Lipinski definition) is 3. The van der Waals surface area contributed by atoms with Crippen LogP contribution in [0.4, 0.5) is 11.5 Å². The molecule has 5 N–H and O–H groups in total. The van der Waals surface area contributed by atoms with Crippen molar-refractivity contribution in [2.24, 2.45) is 5.73 Å². The molecule has 2 aromatic carbocycles. The van der Waals surface area contributed by atoms with E-state index in [4.69, 9.17) is 11.5 Å². The molecule has 134 valence electrons. The van der Waals surface area contributed by atoms with E-state index in [1.807, 2.05) is 6.07 Å². The van der Waals surface area contributed by atoms with Gasteiger partial charge in [0.25, 0.3) is 5.91 Å². The maximum Gasteiger partial charge on any atom is 0.278 e. The average molecular weight is 343 g/mol. The van der Waals surface area contributed by atoms with Gasteiger partial charge in [0.1, 0.15) is 0 Å². The first-order valence-corrected chi connectivity index (χ1v) is 7.44. The second kappa shape index (κ2) is 6.79. The molecule has 2 amide bonds. The Hall–Kier alpha value is -3.74. The Kier molecular flexibility index (Phi) is 4.38. The summed E-state index contributed by atoms with van der Waals surface area (Å²) >= 11 is 0. The fourth-order valence-electron chi connectivity index (χ4n) is 2.25. The molecule has 0 aliphatic rings. The van der Waals surface area contributed by atoms with Crippen LogP contribution in [0.15, 0.2) is 60.8 Å². The minimum Gasteiger partial charge on any atom is -0.382 e. The summed E-state index contributed by atoms with van der Waals surface area (Å²) in [4.78, 5) is 32.1. The Morgan fingerprint density at radius 3 is 2.52 bits per heavy atom. The Bertz CT molecular complexity index is 961. The van der Waals surface area contributed by atoms with Crippen LogP contribution >= 0.6 is 0 Å². The predicted molar refractivity (Wildman–Crippen MR) is 105 cm³/mol. The summed E-state index contributed by atoms with van der Waals surface area (Å²) in [5.41, 5.74) is 13.1. The quantitative estimate of drug-likeness (QED) is 0.670. The van der Waals surface area contributed by atoms with Gasteiger partial charge in [0.15, 0.2) is 11.5 Å². The summed E-state index contributed by atoms with van der Waals surface area (Å²) in [5.74, 6) is -1.00. The van der Waals surface area contributed by atoms with Crippen molar-refractivity contribution in [3.8, 4) is 11.3 Å². The van der Waals surface area contributed by atoms with Gasteiger partial charge < -0.3 is 16.8 Å². The number of rotatable bonds is 4. The van der Waals surface area contributed by atoms with Crippen LogP contribution in [0.25, 0.3) is 11.3 Å². The molecule has 0 atom stereocenters. The molecule has 7 heteroatoms. The second-order valence-corrected chi connectivity index (χ2v) is 5.25. The number of aromatic nitrogens is 2. The molecule has 1 heterocycles. The minimum absolute atomic E-state index is 0. The zero-order chi connectivity index (χ0) is 17.8. The highest BCUT2D eigenvalue weighted by Crippen LogP contribution is 2.20. The molecule has 0 radical (unpaired) electrons. The van der Waals surface area contributed by atoms with Crippen molar-refractivity contribution in [2.45, 2.75) is 0 Å². The Morgan fingerprint density at radius 1 is 1.04 bits per heavy atom. The lowest BCUT2D eigenvalue weighted by Gasteiger charge is -2.08. The lowest BCUT2D eigenvalue weighted by Crippen LogP contribution is -2.17. The Balaban J connectivity index is -0.00000146. The third-order valence-corrected chi connectivity index (χ3v) is 3.49. The average Bonchev–Trinajstić information content (AvgIpc) is 2.63. The molecule has 25 heavy (non-hydrogen) atoms. The lowest BCUT2D eigenvalue weighted by atomic mass is 10.1. The number of amides is 2. The monoisotopic (exact) mass is 343 g/mol. The molecule has 1 aromatic heterocycles. The summed E-state index contributed by atoms with van der Waals surface area (Å²) in [7, 11) is 0. The molecule has 0 aliphatic heterocycles. The highest BCUT2D eigenvalue weighted by Gasteiger charge is 2.15. The van der Waals surface area contributed by atoms with E-state index in [0.29, 0.717) is 22.5 Å². The van der Waals surface area contributed by atoms with Crippen LogP contribution in [0, 0.1) is 0 Å². The van der Waals surface area contributed by atoms with Crippen molar-refractivity contribution < 1.29 is 16.7 Å². The first-order valence-electron chi connectivity index (χ1n) is 7.44. The molecule has 0 spiro atoms. The van der Waals surface area contributed by atoms with Gasteiger partial charge in [-0.1, -0.05) is 30.3 Å². The number of nitrogen functional groups attached to an aromatic ring is 1. The van der Waals surface area contributed by atoms with Gasteiger partial charge in [-0.3, -0.25) is 9.59 Å². The molecular formula is C18H25N5O2. The van der Waals surface area contributed by atoms with Gasteiger partial charge >= 0.3 is 0 Å². The normalized spacial score (nSPS) is 10.2. The van der Waals surface area contributed by atoms with Crippen LogP contribution < -0.4 is 16.8 Å². The smallest absolute Gasteiger partial charge is 0.278 e. The summed E-state index contributed by atoms with van der Waals surface area (Å²) in [6, 6.07) is 15.6. The number of nitrogens with one attached hydrogen (secondary N) is 1. The molecule has 0 unspecified atom stereocenters. The van der Waals surface area contributed by atoms with Gasteiger partial charge in [-0.2, -0.15) is 0 Å². The number of benzene rings is 2. The molecule has 7 nitrogen and oxygen atoms in total. The second-order valence-electron chi connectivity index (χ2n) is 5.25. The highest BCUT2D eigenvalue weighted by molar-refractivity contribution is 6.06. The van der Waals surface area contributed by atoms with E-state index in [2.05, 4.69) is 15.3 Å². The van der Waals surface area contributed by atoms with Crippen molar-refractivity contribution in [3.63, 3.8) is 0 Å². The van der Waals surface area contributed by atoms with Crippen molar-refractivity contribution in [2.75, 3.05) is 11.1 Å². The van der Waals surface area contributed by atoms with Crippen LogP contribution in [0.2, 0.25) is 0 Å². The van der Waals surface area contributed by atoms with E-state index in [1.54, 1.807) is 48.5 Å². The van der Waals surface area contributed by atoms with Crippen LogP contribution in [-0.2, 0) is 0 Å². The summed E-state index contributed by atoms with van der Waals surface area (Å²) in [5, 5.41) is 2.71. The van der Waals surface area contributed by atoms with Gasteiger partial charge in [-0.05, 0) is 24.3 Å². The molecule has 3 rings (SSSR count). The van der Waals surface area contributed by atoms with Gasteiger partial charge in [0, 0.05) is 23.9 Å². The van der Waals surface area contributed by atoms with E-state index in [0.717, 1.165) is 0 Å². The molecule has 0 saturated carbocycles. The number of nitrogens with zero attached hydrogens (tertiary/aromatic N) is 2. The summed E-state index contributed by atoms with van der Waals surface area (Å²) < 4.78 is 0. The van der Waals surface area contributed by atoms with Crippen molar-refractivity contribution in [1.82, 2.24) is 9.97 Å². The molecule has 0 aliphatic carbocycles. The van der Waals surface area contributed by atoms with Gasteiger partial charge in [0.05, 0.1) is 11.9 Å². The lowest BCUT2D eigenvalue weighted by molar-refractivity contribution is 0.0997. The first kappa shape index (κ1) is 16.1. The largest absolute Gasteiger partial charge is 0.382 e. The molecule has 0 fully saturated rings. The number of carbonyl (C=O) groups is 2. The Labute approximate surface area is 151 Å². The van der Waals surface area contributed by atoms with E-state index in [9.17, 15) is 9.59 Å². The number of anilines is 2.